The van der Waals surface area contributed by atoms with Crippen LogP contribution in [0.5, 0.6) is 0 Å². The van der Waals surface area contributed by atoms with Crippen molar-refractivity contribution in [2.75, 3.05) is 39.3 Å². The van der Waals surface area contributed by atoms with Crippen LogP contribution >= 0.6 is 0 Å². The SMILES string of the molecule is C=CCN1CCN(C(=O)CNC(C)(C)C)CC1. The summed E-state index contributed by atoms with van der Waals surface area (Å²) in [5, 5.41) is 3.23. The Hall–Kier alpha value is -0.870. The molecule has 1 saturated heterocycles. The van der Waals surface area contributed by atoms with Gasteiger partial charge in [-0.3, -0.25) is 9.69 Å². The third-order valence-electron chi connectivity index (χ3n) is 2.88. The maximum Gasteiger partial charge on any atom is 0.236 e. The maximum atomic E-state index is 11.9. The van der Waals surface area contributed by atoms with E-state index in [2.05, 4.69) is 37.6 Å². The minimum atomic E-state index is 0.000320. The number of hydrogen-bond donors (Lipinski definition) is 1. The predicted octanol–water partition coefficient (Wildman–Crippen LogP) is 0.705. The molecule has 4 heteroatoms. The highest BCUT2D eigenvalue weighted by Gasteiger charge is 2.21. The first-order chi connectivity index (χ1) is 7.92. The van der Waals surface area contributed by atoms with E-state index < -0.39 is 0 Å². The van der Waals surface area contributed by atoms with Crippen molar-refractivity contribution in [3.05, 3.63) is 12.7 Å². The van der Waals surface area contributed by atoms with Crippen LogP contribution in [0.2, 0.25) is 0 Å². The van der Waals surface area contributed by atoms with Crippen molar-refractivity contribution < 1.29 is 4.79 Å². The van der Waals surface area contributed by atoms with Gasteiger partial charge in [0.25, 0.3) is 0 Å². The van der Waals surface area contributed by atoms with Gasteiger partial charge in [0.1, 0.15) is 0 Å². The van der Waals surface area contributed by atoms with Crippen molar-refractivity contribution in [1.29, 1.82) is 0 Å². The van der Waals surface area contributed by atoms with Gasteiger partial charge in [0.2, 0.25) is 5.91 Å². The number of nitrogens with zero attached hydrogens (tertiary/aromatic N) is 2. The number of piperazine rings is 1. The molecule has 0 aromatic rings. The molecular weight excluding hydrogens is 214 g/mol. The molecule has 0 radical (unpaired) electrons. The Morgan fingerprint density at radius 3 is 2.35 bits per heavy atom. The molecule has 1 aliphatic rings. The molecular formula is C13H25N3O. The third-order valence-corrected chi connectivity index (χ3v) is 2.88. The fraction of sp³-hybridized carbons (Fsp3) is 0.769. The summed E-state index contributed by atoms with van der Waals surface area (Å²) >= 11 is 0. The van der Waals surface area contributed by atoms with Crippen LogP contribution in [0, 0.1) is 0 Å². The second-order valence-electron chi connectivity index (χ2n) is 5.57. The lowest BCUT2D eigenvalue weighted by atomic mass is 10.1. The van der Waals surface area contributed by atoms with E-state index in [1.54, 1.807) is 0 Å². The van der Waals surface area contributed by atoms with Gasteiger partial charge in [-0.05, 0) is 20.8 Å². The molecule has 1 N–H and O–H groups in total. The molecule has 1 rings (SSSR count). The molecule has 0 aliphatic carbocycles. The van der Waals surface area contributed by atoms with E-state index >= 15 is 0 Å². The lowest BCUT2D eigenvalue weighted by Crippen LogP contribution is -2.52. The van der Waals surface area contributed by atoms with Crippen LogP contribution in [0.25, 0.3) is 0 Å². The van der Waals surface area contributed by atoms with Gasteiger partial charge in [-0.1, -0.05) is 6.08 Å². The monoisotopic (exact) mass is 239 g/mol. The van der Waals surface area contributed by atoms with E-state index in [-0.39, 0.29) is 11.4 Å². The molecule has 1 fully saturated rings. The van der Waals surface area contributed by atoms with E-state index in [0.717, 1.165) is 32.7 Å². The van der Waals surface area contributed by atoms with Crippen molar-refractivity contribution in [3.63, 3.8) is 0 Å². The number of nitrogens with one attached hydrogen (secondary N) is 1. The Morgan fingerprint density at radius 1 is 1.29 bits per heavy atom. The molecule has 0 spiro atoms. The molecule has 0 bridgehead atoms. The fourth-order valence-corrected chi connectivity index (χ4v) is 1.82. The van der Waals surface area contributed by atoms with Gasteiger partial charge >= 0.3 is 0 Å². The average Bonchev–Trinajstić information content (AvgIpc) is 2.26. The number of amides is 1. The van der Waals surface area contributed by atoms with E-state index in [0.29, 0.717) is 6.54 Å². The first-order valence-corrected chi connectivity index (χ1v) is 6.28. The lowest BCUT2D eigenvalue weighted by Gasteiger charge is -2.34. The van der Waals surface area contributed by atoms with Crippen LogP contribution in [0.4, 0.5) is 0 Å². The van der Waals surface area contributed by atoms with E-state index in [1.165, 1.54) is 0 Å². The molecule has 0 atom stereocenters. The summed E-state index contributed by atoms with van der Waals surface area (Å²) in [6.45, 7) is 14.9. The maximum absolute atomic E-state index is 11.9. The Kier molecular flexibility index (Phi) is 5.15. The number of carbonyl (C=O) groups is 1. The Morgan fingerprint density at radius 2 is 1.88 bits per heavy atom. The lowest BCUT2D eigenvalue weighted by molar-refractivity contribution is -0.132. The Bertz CT molecular complexity index is 262. The summed E-state index contributed by atoms with van der Waals surface area (Å²) in [5.41, 5.74) is 0.000320. The van der Waals surface area contributed by atoms with Crippen molar-refractivity contribution >= 4 is 5.91 Å². The Balaban J connectivity index is 2.28. The van der Waals surface area contributed by atoms with Gasteiger partial charge in [-0.25, -0.2) is 0 Å². The smallest absolute Gasteiger partial charge is 0.236 e. The van der Waals surface area contributed by atoms with E-state index in [1.807, 2.05) is 11.0 Å². The molecule has 1 aliphatic heterocycles. The van der Waals surface area contributed by atoms with Crippen LogP contribution in [0.15, 0.2) is 12.7 Å². The Labute approximate surface area is 105 Å². The van der Waals surface area contributed by atoms with Gasteiger partial charge in [0.15, 0.2) is 0 Å². The fourth-order valence-electron chi connectivity index (χ4n) is 1.82. The highest BCUT2D eigenvalue weighted by atomic mass is 16.2. The molecule has 0 saturated carbocycles. The number of carbonyl (C=O) groups excluding carboxylic acids is 1. The summed E-state index contributed by atoms with van der Waals surface area (Å²) in [4.78, 5) is 16.2. The van der Waals surface area contributed by atoms with Gasteiger partial charge in [0.05, 0.1) is 6.54 Å². The predicted molar refractivity (Wildman–Crippen MR) is 71.0 cm³/mol. The van der Waals surface area contributed by atoms with Gasteiger partial charge in [-0.2, -0.15) is 0 Å². The van der Waals surface area contributed by atoms with Crippen LogP contribution in [-0.2, 0) is 4.79 Å². The van der Waals surface area contributed by atoms with Crippen LogP contribution in [0.3, 0.4) is 0 Å². The van der Waals surface area contributed by atoms with Crippen molar-refractivity contribution in [3.8, 4) is 0 Å². The number of hydrogen-bond acceptors (Lipinski definition) is 3. The second-order valence-corrected chi connectivity index (χ2v) is 5.57. The van der Waals surface area contributed by atoms with Gasteiger partial charge in [0, 0.05) is 38.3 Å². The topological polar surface area (TPSA) is 35.6 Å². The summed E-state index contributed by atoms with van der Waals surface area (Å²) in [6, 6.07) is 0. The average molecular weight is 239 g/mol. The highest BCUT2D eigenvalue weighted by molar-refractivity contribution is 5.78. The zero-order valence-corrected chi connectivity index (χ0v) is 11.3. The summed E-state index contributed by atoms with van der Waals surface area (Å²) in [6.07, 6.45) is 1.92. The molecule has 17 heavy (non-hydrogen) atoms. The molecule has 1 amide bonds. The molecule has 0 aromatic heterocycles. The van der Waals surface area contributed by atoms with Crippen LogP contribution < -0.4 is 5.32 Å². The first-order valence-electron chi connectivity index (χ1n) is 6.28. The van der Waals surface area contributed by atoms with E-state index in [9.17, 15) is 4.79 Å². The third kappa shape index (κ3) is 5.33. The normalized spacial score (nSPS) is 18.2. The highest BCUT2D eigenvalue weighted by Crippen LogP contribution is 2.03. The quantitative estimate of drug-likeness (QED) is 0.734. The summed E-state index contributed by atoms with van der Waals surface area (Å²) < 4.78 is 0. The second kappa shape index (κ2) is 6.17. The van der Waals surface area contributed by atoms with Crippen molar-refractivity contribution in [2.24, 2.45) is 0 Å². The zero-order valence-electron chi connectivity index (χ0n) is 11.3. The van der Waals surface area contributed by atoms with Gasteiger partial charge in [-0.15, -0.1) is 6.58 Å². The molecule has 0 aromatic carbocycles. The minimum absolute atomic E-state index is 0.000320. The van der Waals surface area contributed by atoms with Crippen molar-refractivity contribution in [2.45, 2.75) is 26.3 Å². The van der Waals surface area contributed by atoms with Crippen molar-refractivity contribution in [1.82, 2.24) is 15.1 Å². The van der Waals surface area contributed by atoms with Gasteiger partial charge < -0.3 is 10.2 Å². The standard InChI is InChI=1S/C13H25N3O/c1-5-6-15-7-9-16(10-8-15)12(17)11-14-13(2,3)4/h5,14H,1,6-11H2,2-4H3. The first kappa shape index (κ1) is 14.2. The molecule has 0 unspecified atom stereocenters. The van der Waals surface area contributed by atoms with Crippen LogP contribution in [0.1, 0.15) is 20.8 Å². The largest absolute Gasteiger partial charge is 0.339 e. The molecule has 1 heterocycles. The zero-order chi connectivity index (χ0) is 12.9. The summed E-state index contributed by atoms with van der Waals surface area (Å²) in [7, 11) is 0. The minimum Gasteiger partial charge on any atom is -0.339 e. The van der Waals surface area contributed by atoms with E-state index in [4.69, 9.17) is 0 Å². The number of rotatable bonds is 4. The van der Waals surface area contributed by atoms with Crippen LogP contribution in [-0.4, -0.2) is 60.5 Å². The summed E-state index contributed by atoms with van der Waals surface area (Å²) in [5.74, 6) is 0.207. The molecule has 4 nitrogen and oxygen atoms in total. The molecule has 98 valence electrons.